The van der Waals surface area contributed by atoms with E-state index in [1.54, 1.807) is 0 Å². The summed E-state index contributed by atoms with van der Waals surface area (Å²) in [4.78, 5) is 11.4. The fourth-order valence-corrected chi connectivity index (χ4v) is 1.69. The van der Waals surface area contributed by atoms with Crippen LogP contribution < -0.4 is 0 Å². The van der Waals surface area contributed by atoms with Gasteiger partial charge in [0.15, 0.2) is 5.78 Å². The van der Waals surface area contributed by atoms with Crippen molar-refractivity contribution >= 4 is 5.78 Å². The van der Waals surface area contributed by atoms with Crippen molar-refractivity contribution in [3.8, 4) is 0 Å². The molecule has 0 amide bonds. The summed E-state index contributed by atoms with van der Waals surface area (Å²) in [7, 11) is 0. The van der Waals surface area contributed by atoms with Gasteiger partial charge in [0.05, 0.1) is 12.0 Å². The highest BCUT2D eigenvalue weighted by molar-refractivity contribution is 6.08. The van der Waals surface area contributed by atoms with Crippen LogP contribution in [0.1, 0.15) is 40.5 Å². The Hall–Kier alpha value is -0.790. The normalized spacial score (nSPS) is 20.2. The maximum Gasteiger partial charge on any atom is 0.175 e. The van der Waals surface area contributed by atoms with Gasteiger partial charge in [-0.05, 0) is 27.2 Å². The second-order valence-electron chi connectivity index (χ2n) is 4.11. The van der Waals surface area contributed by atoms with Crippen LogP contribution in [0.4, 0.5) is 0 Å². The van der Waals surface area contributed by atoms with Crippen molar-refractivity contribution in [3.63, 3.8) is 0 Å². The molecule has 0 saturated heterocycles. The van der Waals surface area contributed by atoms with Gasteiger partial charge in [0.1, 0.15) is 5.76 Å². The maximum atomic E-state index is 11.4. The standard InChI is InChI=1S/C11H18O2/c1-5-6-7-13-10-8(2)9(12)11(10,3)4/h5-7H2,1-4H3. The minimum absolute atomic E-state index is 0.221. The van der Waals surface area contributed by atoms with Crippen LogP contribution in [0.25, 0.3) is 0 Å². The van der Waals surface area contributed by atoms with Gasteiger partial charge >= 0.3 is 0 Å². The van der Waals surface area contributed by atoms with E-state index in [0.29, 0.717) is 0 Å². The quantitative estimate of drug-likeness (QED) is 0.625. The molecule has 0 aromatic carbocycles. The molecule has 0 atom stereocenters. The van der Waals surface area contributed by atoms with E-state index in [1.165, 1.54) is 0 Å². The summed E-state index contributed by atoms with van der Waals surface area (Å²) in [5.74, 6) is 1.12. The number of ether oxygens (including phenoxy) is 1. The largest absolute Gasteiger partial charge is 0.496 e. The molecule has 0 aromatic rings. The number of unbranched alkanes of at least 4 members (excludes halogenated alkanes) is 1. The molecule has 0 radical (unpaired) electrons. The van der Waals surface area contributed by atoms with E-state index < -0.39 is 0 Å². The Morgan fingerprint density at radius 2 is 2.00 bits per heavy atom. The highest BCUT2D eigenvalue weighted by atomic mass is 16.5. The Morgan fingerprint density at radius 3 is 2.46 bits per heavy atom. The number of hydrogen-bond donors (Lipinski definition) is 0. The van der Waals surface area contributed by atoms with Gasteiger partial charge < -0.3 is 4.74 Å². The Bertz CT molecular complexity index is 249. The Morgan fingerprint density at radius 1 is 1.38 bits per heavy atom. The molecule has 74 valence electrons. The molecular weight excluding hydrogens is 164 g/mol. The number of allylic oxidation sites excluding steroid dienone is 2. The van der Waals surface area contributed by atoms with Crippen LogP contribution in [0.15, 0.2) is 11.3 Å². The van der Waals surface area contributed by atoms with Crippen molar-refractivity contribution in [2.75, 3.05) is 6.61 Å². The second-order valence-corrected chi connectivity index (χ2v) is 4.11. The summed E-state index contributed by atoms with van der Waals surface area (Å²) in [5.41, 5.74) is 0.443. The van der Waals surface area contributed by atoms with Crippen LogP contribution in [0.2, 0.25) is 0 Å². The van der Waals surface area contributed by atoms with Crippen molar-refractivity contribution in [1.29, 1.82) is 0 Å². The molecule has 2 heteroatoms. The SMILES string of the molecule is CCCCOC1=C(C)C(=O)C1(C)C. The van der Waals surface area contributed by atoms with Gasteiger partial charge in [-0.1, -0.05) is 13.3 Å². The third-order valence-corrected chi connectivity index (χ3v) is 2.56. The van der Waals surface area contributed by atoms with Gasteiger partial charge in [-0.25, -0.2) is 0 Å². The van der Waals surface area contributed by atoms with Crippen LogP contribution in [0, 0.1) is 5.41 Å². The van der Waals surface area contributed by atoms with Crippen molar-refractivity contribution in [3.05, 3.63) is 11.3 Å². The lowest BCUT2D eigenvalue weighted by Crippen LogP contribution is -2.39. The molecule has 2 nitrogen and oxygen atoms in total. The zero-order valence-corrected chi connectivity index (χ0v) is 8.94. The predicted octanol–water partition coefficient (Wildman–Crippen LogP) is 2.69. The fourth-order valence-electron chi connectivity index (χ4n) is 1.69. The predicted molar refractivity (Wildman–Crippen MR) is 52.3 cm³/mol. The third-order valence-electron chi connectivity index (χ3n) is 2.56. The van der Waals surface area contributed by atoms with E-state index in [9.17, 15) is 4.79 Å². The number of rotatable bonds is 4. The van der Waals surface area contributed by atoms with Gasteiger partial charge in [-0.2, -0.15) is 0 Å². The molecular formula is C11H18O2. The summed E-state index contributed by atoms with van der Waals surface area (Å²) in [6, 6.07) is 0. The second kappa shape index (κ2) is 3.52. The van der Waals surface area contributed by atoms with E-state index in [1.807, 2.05) is 20.8 Å². The summed E-state index contributed by atoms with van der Waals surface area (Å²) >= 11 is 0. The lowest BCUT2D eigenvalue weighted by atomic mass is 9.71. The van der Waals surface area contributed by atoms with E-state index in [0.717, 1.165) is 30.8 Å². The third kappa shape index (κ3) is 1.62. The van der Waals surface area contributed by atoms with Crippen molar-refractivity contribution in [2.45, 2.75) is 40.5 Å². The van der Waals surface area contributed by atoms with Gasteiger partial charge in [0, 0.05) is 5.57 Å². The van der Waals surface area contributed by atoms with Crippen LogP contribution in [-0.2, 0) is 9.53 Å². The number of carbonyl (C=O) groups excluding carboxylic acids is 1. The highest BCUT2D eigenvalue weighted by Gasteiger charge is 2.45. The Kier molecular flexibility index (Phi) is 2.79. The number of ketones is 1. The molecule has 0 heterocycles. The summed E-state index contributed by atoms with van der Waals surface area (Å²) in [6.07, 6.45) is 2.18. The maximum absolute atomic E-state index is 11.4. The molecule has 0 unspecified atom stereocenters. The van der Waals surface area contributed by atoms with E-state index in [-0.39, 0.29) is 11.2 Å². The molecule has 13 heavy (non-hydrogen) atoms. The summed E-state index contributed by atoms with van der Waals surface area (Å²) in [5, 5.41) is 0. The molecule has 1 aliphatic carbocycles. The van der Waals surface area contributed by atoms with E-state index in [4.69, 9.17) is 4.74 Å². The van der Waals surface area contributed by atoms with Crippen LogP contribution >= 0.6 is 0 Å². The molecule has 1 rings (SSSR count). The van der Waals surface area contributed by atoms with Gasteiger partial charge in [-0.15, -0.1) is 0 Å². The van der Waals surface area contributed by atoms with Crippen molar-refractivity contribution in [2.24, 2.45) is 5.41 Å². The number of hydrogen-bond acceptors (Lipinski definition) is 2. The zero-order valence-electron chi connectivity index (χ0n) is 8.94. The lowest BCUT2D eigenvalue weighted by molar-refractivity contribution is -0.127. The first-order valence-corrected chi connectivity index (χ1v) is 4.90. The summed E-state index contributed by atoms with van der Waals surface area (Å²) in [6.45, 7) is 8.55. The smallest absolute Gasteiger partial charge is 0.175 e. The topological polar surface area (TPSA) is 26.3 Å². The molecule has 0 aromatic heterocycles. The molecule has 0 saturated carbocycles. The highest BCUT2D eigenvalue weighted by Crippen LogP contribution is 2.42. The first-order valence-electron chi connectivity index (χ1n) is 4.90. The Labute approximate surface area is 80.0 Å². The van der Waals surface area contributed by atoms with Crippen molar-refractivity contribution in [1.82, 2.24) is 0 Å². The van der Waals surface area contributed by atoms with Gasteiger partial charge in [-0.3, -0.25) is 4.79 Å². The monoisotopic (exact) mass is 182 g/mol. The van der Waals surface area contributed by atoms with E-state index in [2.05, 4.69) is 6.92 Å². The van der Waals surface area contributed by atoms with Crippen LogP contribution in [0.5, 0.6) is 0 Å². The molecule has 0 N–H and O–H groups in total. The Balaban J connectivity index is 2.56. The first kappa shape index (κ1) is 10.3. The van der Waals surface area contributed by atoms with Gasteiger partial charge in [0.25, 0.3) is 0 Å². The molecule has 0 spiro atoms. The van der Waals surface area contributed by atoms with Gasteiger partial charge in [0.2, 0.25) is 0 Å². The zero-order chi connectivity index (χ0) is 10.1. The number of Topliss-reactive ketones (excluding diaryl/α,β-unsaturated/α-hetero) is 1. The van der Waals surface area contributed by atoms with Crippen molar-refractivity contribution < 1.29 is 9.53 Å². The molecule has 0 aliphatic heterocycles. The average Bonchev–Trinajstić information content (AvgIpc) is 2.10. The average molecular weight is 182 g/mol. The lowest BCUT2D eigenvalue weighted by Gasteiger charge is -2.36. The van der Waals surface area contributed by atoms with Crippen LogP contribution in [0.3, 0.4) is 0 Å². The molecule has 0 fully saturated rings. The van der Waals surface area contributed by atoms with E-state index >= 15 is 0 Å². The molecule has 0 bridgehead atoms. The van der Waals surface area contributed by atoms with Crippen LogP contribution in [-0.4, -0.2) is 12.4 Å². The first-order chi connectivity index (χ1) is 6.01. The molecule has 1 aliphatic rings. The summed E-state index contributed by atoms with van der Waals surface area (Å²) < 4.78 is 5.58. The minimum atomic E-state index is -0.363. The minimum Gasteiger partial charge on any atom is -0.496 e. The fraction of sp³-hybridized carbons (Fsp3) is 0.727. The number of carbonyl (C=O) groups is 1.